The number of alkyl halides is 2. The van der Waals surface area contributed by atoms with Crippen LogP contribution in [0.5, 0.6) is 5.75 Å². The van der Waals surface area contributed by atoms with Gasteiger partial charge >= 0.3 is 5.92 Å². The zero-order valence-electron chi connectivity index (χ0n) is 35.7. The van der Waals surface area contributed by atoms with Crippen molar-refractivity contribution in [2.24, 2.45) is 31.8 Å². The van der Waals surface area contributed by atoms with Crippen LogP contribution in [0.25, 0.3) is 21.8 Å². The first-order valence-electron chi connectivity index (χ1n) is 22.0. The standard InChI is InChI=1S/C45H49ClF4N10O4/c1-22-19-60(13-10-25(22)20-59-11-8-23(9-12-59)27-16-35-28(14-31(27)47)37(56-58(35)3)26-6-7-36(61)53-42(26)62)44-51-18-30(46)41(55-44)52-33-15-29-34(17-32(33)48)57(2)43(63)39-38(29)54-40(24-4-5-24)45(49,50)21-64-39/h14-18,22-26,40,54H,4-13,19-21H2,1-3H3,(H,51,52,55)(H,53,61,62)/t22-,25-,26?,40?/m1/s1. The van der Waals surface area contributed by atoms with Crippen LogP contribution in [0.1, 0.15) is 75.0 Å². The highest BCUT2D eigenvalue weighted by Crippen LogP contribution is 2.46. The maximum absolute atomic E-state index is 15.8. The molecule has 3 N–H and O–H groups in total. The van der Waals surface area contributed by atoms with Crippen molar-refractivity contribution in [1.82, 2.24) is 34.5 Å². The normalized spacial score (nSPS) is 24.3. The summed E-state index contributed by atoms with van der Waals surface area (Å²) in [6, 6.07) is 4.79. The molecule has 64 heavy (non-hydrogen) atoms. The minimum atomic E-state index is -3.22. The summed E-state index contributed by atoms with van der Waals surface area (Å²) in [4.78, 5) is 51.4. The summed E-state index contributed by atoms with van der Waals surface area (Å²) in [7, 11) is 3.24. The number of amides is 2. The van der Waals surface area contributed by atoms with Gasteiger partial charge in [0.15, 0.2) is 12.4 Å². The van der Waals surface area contributed by atoms with E-state index < -0.39 is 41.8 Å². The highest BCUT2D eigenvalue weighted by Gasteiger charge is 2.51. The summed E-state index contributed by atoms with van der Waals surface area (Å²) in [5, 5.41) is 14.0. The van der Waals surface area contributed by atoms with Crippen molar-refractivity contribution in [2.75, 3.05) is 54.9 Å². The summed E-state index contributed by atoms with van der Waals surface area (Å²) < 4.78 is 70.4. The van der Waals surface area contributed by atoms with Gasteiger partial charge in [-0.2, -0.15) is 10.1 Å². The summed E-state index contributed by atoms with van der Waals surface area (Å²) in [6.07, 6.45) is 5.79. The second-order valence-electron chi connectivity index (χ2n) is 18.4. The van der Waals surface area contributed by atoms with Gasteiger partial charge in [-0.3, -0.25) is 24.4 Å². The molecule has 10 rings (SSSR count). The van der Waals surface area contributed by atoms with E-state index in [1.165, 1.54) is 36.0 Å². The van der Waals surface area contributed by atoms with Gasteiger partial charge in [0.25, 0.3) is 5.56 Å². The van der Waals surface area contributed by atoms with Crippen LogP contribution >= 0.6 is 11.6 Å². The smallest absolute Gasteiger partial charge is 0.301 e. The number of ether oxygens (including phenoxy) is 1. The molecule has 7 heterocycles. The predicted molar refractivity (Wildman–Crippen MR) is 234 cm³/mol. The van der Waals surface area contributed by atoms with Crippen LogP contribution in [0.2, 0.25) is 5.02 Å². The highest BCUT2D eigenvalue weighted by atomic mass is 35.5. The summed E-state index contributed by atoms with van der Waals surface area (Å²) in [5.41, 5.74) is 1.57. The summed E-state index contributed by atoms with van der Waals surface area (Å²) >= 11 is 6.58. The van der Waals surface area contributed by atoms with Gasteiger partial charge in [0.05, 0.1) is 46.3 Å². The zero-order chi connectivity index (χ0) is 44.8. The molecule has 14 nitrogen and oxygen atoms in total. The van der Waals surface area contributed by atoms with Gasteiger partial charge in [-0.25, -0.2) is 22.5 Å². The number of anilines is 4. The van der Waals surface area contributed by atoms with E-state index in [4.69, 9.17) is 21.3 Å². The number of fused-ring (bicyclic) bond motifs is 4. The molecular formula is C45H49ClF4N10O4. The van der Waals surface area contributed by atoms with E-state index in [0.29, 0.717) is 66.2 Å². The number of hydrogen-bond donors (Lipinski definition) is 3. The van der Waals surface area contributed by atoms with Gasteiger partial charge in [0.2, 0.25) is 23.5 Å². The van der Waals surface area contributed by atoms with Gasteiger partial charge in [0.1, 0.15) is 16.7 Å². The van der Waals surface area contributed by atoms with Crippen molar-refractivity contribution >= 4 is 68.4 Å². The van der Waals surface area contributed by atoms with Gasteiger partial charge in [-0.1, -0.05) is 18.5 Å². The lowest BCUT2D eigenvalue weighted by molar-refractivity contribution is -0.134. The fourth-order valence-corrected chi connectivity index (χ4v) is 10.4. The third kappa shape index (κ3) is 7.69. The van der Waals surface area contributed by atoms with Crippen LogP contribution in [0, 0.1) is 29.4 Å². The Morgan fingerprint density at radius 1 is 0.953 bits per heavy atom. The van der Waals surface area contributed by atoms with E-state index in [2.05, 4.69) is 42.8 Å². The molecule has 3 aromatic heterocycles. The first kappa shape index (κ1) is 42.5. The predicted octanol–water partition coefficient (Wildman–Crippen LogP) is 6.97. The number of nitrogens with one attached hydrogen (secondary N) is 3. The molecule has 4 aliphatic heterocycles. The van der Waals surface area contributed by atoms with E-state index in [-0.39, 0.29) is 69.4 Å². The molecule has 5 aliphatic rings. The number of carbonyl (C=O) groups is 2. The van der Waals surface area contributed by atoms with Gasteiger partial charge in [0, 0.05) is 57.0 Å². The molecule has 5 aromatic rings. The maximum atomic E-state index is 15.8. The highest BCUT2D eigenvalue weighted by molar-refractivity contribution is 6.33. The monoisotopic (exact) mass is 904 g/mol. The lowest BCUT2D eigenvalue weighted by Gasteiger charge is -2.41. The molecule has 2 unspecified atom stereocenters. The number of pyridine rings is 1. The largest absolute Gasteiger partial charge is 0.480 e. The number of benzene rings is 2. The Labute approximate surface area is 370 Å². The van der Waals surface area contributed by atoms with Gasteiger partial charge in [-0.05, 0) is 99.0 Å². The summed E-state index contributed by atoms with van der Waals surface area (Å²) in [5.74, 6) is -4.70. The SMILES string of the molecule is C[C@@H]1CN(c2ncc(Cl)c(Nc3cc4c5c(c(=O)n(C)c4cc3F)OCC(F)(F)C(C3CC3)N5)n2)CC[C@@H]1CN1CCC(c2cc3c(cc2F)c(C2CCC(=O)NC2=O)nn3C)CC1. The Kier molecular flexibility index (Phi) is 10.7. The fraction of sp³-hybridized carbons (Fsp3) is 0.511. The number of imide groups is 1. The molecule has 0 bridgehead atoms. The number of nitrogens with zero attached hydrogens (tertiary/aromatic N) is 7. The number of rotatable bonds is 8. The Morgan fingerprint density at radius 3 is 2.47 bits per heavy atom. The van der Waals surface area contributed by atoms with Gasteiger partial charge in [-0.15, -0.1) is 0 Å². The van der Waals surface area contributed by atoms with Crippen molar-refractivity contribution in [1.29, 1.82) is 0 Å². The van der Waals surface area contributed by atoms with E-state index in [1.807, 2.05) is 6.07 Å². The Morgan fingerprint density at radius 2 is 1.73 bits per heavy atom. The number of likely N-dealkylation sites (tertiary alicyclic amines) is 1. The number of hydrogen-bond acceptors (Lipinski definition) is 11. The molecule has 4 atom stereocenters. The molecule has 19 heteroatoms. The Hall–Kier alpha value is -5.49. The molecule has 2 aromatic carbocycles. The van der Waals surface area contributed by atoms with Crippen LogP contribution in [0.3, 0.4) is 0 Å². The molecule has 2 amide bonds. The first-order chi connectivity index (χ1) is 30.6. The van der Waals surface area contributed by atoms with Crippen molar-refractivity contribution in [3.8, 4) is 5.75 Å². The first-order valence-corrected chi connectivity index (χ1v) is 22.4. The van der Waals surface area contributed by atoms with Crippen LogP contribution in [0.4, 0.5) is 40.7 Å². The minimum absolute atomic E-state index is 0.0179. The van der Waals surface area contributed by atoms with Gasteiger partial charge < -0.3 is 29.7 Å². The summed E-state index contributed by atoms with van der Waals surface area (Å²) in [6.45, 7) is 5.21. The second kappa shape index (κ2) is 16.2. The lowest BCUT2D eigenvalue weighted by Crippen LogP contribution is -2.45. The van der Waals surface area contributed by atoms with Crippen LogP contribution in [-0.4, -0.2) is 92.3 Å². The number of aromatic nitrogens is 5. The molecule has 0 radical (unpaired) electrons. The molecular weight excluding hydrogens is 856 g/mol. The molecule has 338 valence electrons. The second-order valence-corrected chi connectivity index (χ2v) is 18.8. The fourth-order valence-electron chi connectivity index (χ4n) is 10.3. The number of carbonyl (C=O) groups excluding carboxylic acids is 2. The topological polar surface area (TPSA) is 152 Å². The quantitative estimate of drug-likeness (QED) is 0.109. The van der Waals surface area contributed by atoms with E-state index >= 15 is 17.6 Å². The molecule has 3 saturated heterocycles. The Bertz CT molecular complexity index is 2770. The number of aryl methyl sites for hydroxylation is 2. The van der Waals surface area contributed by atoms with Crippen molar-refractivity contribution < 1.29 is 31.9 Å². The third-order valence-corrected chi connectivity index (χ3v) is 14.4. The van der Waals surface area contributed by atoms with Crippen LogP contribution < -0.4 is 31.1 Å². The minimum Gasteiger partial charge on any atom is -0.480 e. The third-order valence-electron chi connectivity index (χ3n) is 14.1. The average molecular weight is 905 g/mol. The van der Waals surface area contributed by atoms with Crippen molar-refractivity contribution in [3.63, 3.8) is 0 Å². The molecule has 4 fully saturated rings. The average Bonchev–Trinajstić information content (AvgIpc) is 4.07. The molecule has 0 spiro atoms. The Balaban J connectivity index is 0.794. The molecule has 1 aliphatic carbocycles. The zero-order valence-corrected chi connectivity index (χ0v) is 36.5. The maximum Gasteiger partial charge on any atom is 0.301 e. The van der Waals surface area contributed by atoms with Crippen molar-refractivity contribution in [2.45, 2.75) is 75.7 Å². The number of piperidine rings is 3. The lowest BCUT2D eigenvalue weighted by atomic mass is 9.84. The van der Waals surface area contributed by atoms with Crippen LogP contribution in [0.15, 0.2) is 35.3 Å². The van der Waals surface area contributed by atoms with Crippen LogP contribution in [-0.2, 0) is 23.7 Å². The van der Waals surface area contributed by atoms with E-state index in [1.54, 1.807) is 11.7 Å². The number of halogens is 5. The van der Waals surface area contributed by atoms with E-state index in [9.17, 15) is 14.4 Å². The molecule has 1 saturated carbocycles. The van der Waals surface area contributed by atoms with E-state index in [0.717, 1.165) is 44.4 Å². The van der Waals surface area contributed by atoms with Crippen molar-refractivity contribution in [3.05, 3.63) is 68.7 Å².